The average Bonchev–Trinajstić information content (AvgIpc) is 2.92. The van der Waals surface area contributed by atoms with E-state index in [2.05, 4.69) is 21.3 Å². The van der Waals surface area contributed by atoms with Gasteiger partial charge in [-0.2, -0.15) is 0 Å². The number of rotatable bonds is 8. The van der Waals surface area contributed by atoms with Crippen LogP contribution < -0.4 is 38.5 Å². The molecule has 4 amide bonds. The van der Waals surface area contributed by atoms with Gasteiger partial charge in [-0.05, 0) is 53.8 Å². The van der Waals surface area contributed by atoms with Crippen molar-refractivity contribution in [3.05, 3.63) is 53.6 Å². The average molecular weight is 540 g/mol. The molecule has 0 aromatic heterocycles. The fourth-order valence-electron chi connectivity index (χ4n) is 4.21. The van der Waals surface area contributed by atoms with Gasteiger partial charge in [0.1, 0.15) is 11.8 Å². The van der Waals surface area contributed by atoms with Crippen LogP contribution >= 0.6 is 0 Å². The van der Waals surface area contributed by atoms with E-state index in [9.17, 15) is 24.3 Å². The molecule has 2 aromatic carbocycles. The molecule has 210 valence electrons. The van der Waals surface area contributed by atoms with E-state index >= 15 is 0 Å². The third kappa shape index (κ3) is 9.06. The summed E-state index contributed by atoms with van der Waals surface area (Å²) in [7, 11) is 0. The third-order valence-corrected chi connectivity index (χ3v) is 6.39. The lowest BCUT2D eigenvalue weighted by molar-refractivity contribution is -0.131. The quantitative estimate of drug-likeness (QED) is 0.195. The Labute approximate surface area is 227 Å². The number of benzene rings is 2. The van der Waals surface area contributed by atoms with E-state index in [1.807, 2.05) is 24.3 Å². The number of nitrogens with two attached hydrogens (primary N) is 3. The highest BCUT2D eigenvalue weighted by molar-refractivity contribution is 5.92. The zero-order valence-corrected chi connectivity index (χ0v) is 21.7. The molecule has 1 aliphatic rings. The number of carbonyl (C=O) groups excluding carboxylic acids is 4. The minimum atomic E-state index is -1.02. The van der Waals surface area contributed by atoms with Crippen LogP contribution in [0, 0.1) is 0 Å². The number of hydrogen-bond acceptors (Lipinski definition) is 8. The zero-order chi connectivity index (χ0) is 28.4. The largest absolute Gasteiger partial charge is 0.508 e. The Bertz CT molecular complexity index is 1190. The Morgan fingerprint density at radius 1 is 1.08 bits per heavy atom. The molecule has 39 heavy (non-hydrogen) atoms. The first-order valence-electron chi connectivity index (χ1n) is 12.9. The number of fused-ring (bicyclic) bond motifs is 5. The summed E-state index contributed by atoms with van der Waals surface area (Å²) in [6.07, 6.45) is 1.62. The minimum absolute atomic E-state index is 0.0125. The lowest BCUT2D eigenvalue weighted by Crippen LogP contribution is -2.53. The monoisotopic (exact) mass is 539 g/mol. The molecule has 0 radical (unpaired) electrons. The Morgan fingerprint density at radius 3 is 2.62 bits per heavy atom. The number of aromatic hydroxyl groups is 1. The van der Waals surface area contributed by atoms with Crippen molar-refractivity contribution in [3.8, 4) is 16.9 Å². The molecule has 3 unspecified atom stereocenters. The van der Waals surface area contributed by atoms with E-state index < -0.39 is 42.3 Å². The molecule has 4 bridgehead atoms. The van der Waals surface area contributed by atoms with Crippen molar-refractivity contribution in [2.45, 2.75) is 43.8 Å². The number of amides is 4. The topological polar surface area (TPSA) is 215 Å². The van der Waals surface area contributed by atoms with E-state index in [-0.39, 0.29) is 37.7 Å². The van der Waals surface area contributed by atoms with Gasteiger partial charge in [0.2, 0.25) is 23.6 Å². The maximum absolute atomic E-state index is 13.0. The van der Waals surface area contributed by atoms with Crippen LogP contribution in [0.15, 0.2) is 42.5 Å². The molecule has 3 rings (SSSR count). The Hall–Kier alpha value is -4.00. The summed E-state index contributed by atoms with van der Waals surface area (Å²) in [6, 6.07) is 10.2. The van der Waals surface area contributed by atoms with Gasteiger partial charge in [-0.25, -0.2) is 0 Å². The van der Waals surface area contributed by atoms with Gasteiger partial charge in [0.25, 0.3) is 0 Å². The molecule has 0 aliphatic carbocycles. The summed E-state index contributed by atoms with van der Waals surface area (Å²) < 4.78 is 0. The summed E-state index contributed by atoms with van der Waals surface area (Å²) in [6.45, 7) is 0.0723. The molecule has 0 saturated carbocycles. The smallest absolute Gasteiger partial charge is 0.243 e. The second-order valence-corrected chi connectivity index (χ2v) is 9.61. The fraction of sp³-hybridized carbons (Fsp3) is 0.407. The highest BCUT2D eigenvalue weighted by Gasteiger charge is 2.24. The van der Waals surface area contributed by atoms with E-state index in [1.165, 1.54) is 6.07 Å². The van der Waals surface area contributed by atoms with Crippen molar-refractivity contribution < 1.29 is 24.3 Å². The van der Waals surface area contributed by atoms with Gasteiger partial charge < -0.3 is 43.6 Å². The maximum atomic E-state index is 13.0. The van der Waals surface area contributed by atoms with Crippen molar-refractivity contribution in [2.75, 3.05) is 26.2 Å². The zero-order valence-electron chi connectivity index (χ0n) is 21.7. The fourth-order valence-corrected chi connectivity index (χ4v) is 4.21. The molecule has 11 N–H and O–H groups in total. The predicted octanol–water partition coefficient (Wildman–Crippen LogP) is -1.62. The first kappa shape index (κ1) is 29.6. The summed E-state index contributed by atoms with van der Waals surface area (Å²) in [5.41, 5.74) is 20.3. The van der Waals surface area contributed by atoms with Crippen LogP contribution in [0.2, 0.25) is 0 Å². The summed E-state index contributed by atoms with van der Waals surface area (Å²) in [5.74, 6) is -2.14. The van der Waals surface area contributed by atoms with Gasteiger partial charge in [-0.15, -0.1) is 0 Å². The third-order valence-electron chi connectivity index (χ3n) is 6.39. The number of phenols is 1. The highest BCUT2D eigenvalue weighted by atomic mass is 16.3. The Balaban J connectivity index is 1.76. The Morgan fingerprint density at radius 2 is 1.85 bits per heavy atom. The number of hydrogen-bond donors (Lipinski definition) is 8. The van der Waals surface area contributed by atoms with E-state index in [4.69, 9.17) is 17.2 Å². The number of carbonyl (C=O) groups is 4. The molecule has 0 fully saturated rings. The van der Waals surface area contributed by atoms with E-state index in [1.54, 1.807) is 12.1 Å². The lowest BCUT2D eigenvalue weighted by Gasteiger charge is -2.20. The van der Waals surface area contributed by atoms with Crippen LogP contribution in [-0.4, -0.2) is 73.0 Å². The van der Waals surface area contributed by atoms with Crippen LogP contribution in [0.1, 0.15) is 24.0 Å². The summed E-state index contributed by atoms with van der Waals surface area (Å²) in [4.78, 5) is 50.4. The van der Waals surface area contributed by atoms with Gasteiger partial charge in [0.15, 0.2) is 0 Å². The van der Waals surface area contributed by atoms with Gasteiger partial charge >= 0.3 is 0 Å². The standard InChI is InChI=1S/C27H37N7O5/c28-8-2-5-20(29)13-31-24(36)14-33-27(39)22-10-16-3-1-4-17(9-16)18-6-7-23(35)19(11-18)12-21(30)26(38)32-15-25(37)34-22/h1,3-4,6-7,9,11,20-22,35H,2,5,8,10,12-15,28-30H2,(H,31,36)(H,32,38)(H,33,39)(H,34,37). The van der Waals surface area contributed by atoms with Gasteiger partial charge in [0.05, 0.1) is 19.1 Å². The molecular formula is C27H37N7O5. The summed E-state index contributed by atoms with van der Waals surface area (Å²) >= 11 is 0. The van der Waals surface area contributed by atoms with Crippen LogP contribution in [-0.2, 0) is 32.0 Å². The Kier molecular flexibility index (Phi) is 10.8. The maximum Gasteiger partial charge on any atom is 0.243 e. The summed E-state index contributed by atoms with van der Waals surface area (Å²) in [5, 5.41) is 20.6. The normalized spacial score (nSPS) is 18.5. The molecule has 12 nitrogen and oxygen atoms in total. The predicted molar refractivity (Wildman–Crippen MR) is 146 cm³/mol. The molecular weight excluding hydrogens is 502 g/mol. The number of phenolic OH excluding ortho intramolecular Hbond substituents is 1. The minimum Gasteiger partial charge on any atom is -0.508 e. The number of nitrogens with one attached hydrogen (secondary N) is 4. The first-order chi connectivity index (χ1) is 18.7. The van der Waals surface area contributed by atoms with Gasteiger partial charge in [0, 0.05) is 25.4 Å². The van der Waals surface area contributed by atoms with Gasteiger partial charge in [-0.3, -0.25) is 19.2 Å². The second kappa shape index (κ2) is 14.2. The van der Waals surface area contributed by atoms with Gasteiger partial charge in [-0.1, -0.05) is 30.3 Å². The molecule has 12 heteroatoms. The SMILES string of the molecule is NCCCC(N)CNC(=O)CNC(=O)C1Cc2cccc(c2)-c2ccc(O)c(c2)CC(N)C(=O)NCC(=O)N1. The molecule has 1 heterocycles. The first-order valence-corrected chi connectivity index (χ1v) is 12.9. The molecule has 3 atom stereocenters. The van der Waals surface area contributed by atoms with Crippen molar-refractivity contribution in [3.63, 3.8) is 0 Å². The van der Waals surface area contributed by atoms with Crippen molar-refractivity contribution >= 4 is 23.6 Å². The second-order valence-electron chi connectivity index (χ2n) is 9.61. The molecule has 0 spiro atoms. The highest BCUT2D eigenvalue weighted by Crippen LogP contribution is 2.28. The van der Waals surface area contributed by atoms with Crippen LogP contribution in [0.4, 0.5) is 0 Å². The van der Waals surface area contributed by atoms with Crippen LogP contribution in [0.3, 0.4) is 0 Å². The van der Waals surface area contributed by atoms with E-state index in [0.29, 0.717) is 18.5 Å². The molecule has 1 aliphatic heterocycles. The van der Waals surface area contributed by atoms with E-state index in [0.717, 1.165) is 23.1 Å². The van der Waals surface area contributed by atoms with Crippen molar-refractivity contribution in [1.29, 1.82) is 0 Å². The van der Waals surface area contributed by atoms with Crippen molar-refractivity contribution in [2.24, 2.45) is 17.2 Å². The molecule has 2 aromatic rings. The molecule has 0 saturated heterocycles. The van der Waals surface area contributed by atoms with Crippen molar-refractivity contribution in [1.82, 2.24) is 21.3 Å². The van der Waals surface area contributed by atoms with Crippen LogP contribution in [0.25, 0.3) is 11.1 Å². The lowest BCUT2D eigenvalue weighted by atomic mass is 9.96. The van der Waals surface area contributed by atoms with Crippen LogP contribution in [0.5, 0.6) is 5.75 Å².